The molecule has 0 unspecified atom stereocenters. The summed E-state index contributed by atoms with van der Waals surface area (Å²) in [6.07, 6.45) is 3.73. The van der Waals surface area contributed by atoms with Crippen LogP contribution in [0.1, 0.15) is 20.8 Å². The van der Waals surface area contributed by atoms with Crippen molar-refractivity contribution in [1.82, 2.24) is 0 Å². The molecule has 0 atom stereocenters. The lowest BCUT2D eigenvalue weighted by Crippen LogP contribution is -2.22. The normalized spacial score (nSPS) is 12.9. The molecule has 0 aromatic carbocycles. The first-order chi connectivity index (χ1) is 4.06. The second-order valence-corrected chi connectivity index (χ2v) is 2.33. The van der Waals surface area contributed by atoms with Crippen LogP contribution in [0.4, 0.5) is 0 Å². The van der Waals surface area contributed by atoms with Gasteiger partial charge in [0.2, 0.25) is 0 Å². The van der Waals surface area contributed by atoms with Crippen LogP contribution in [0.5, 0.6) is 0 Å². The molecule has 0 aliphatic carbocycles. The monoisotopic (exact) mass is 130 g/mol. The van der Waals surface area contributed by atoms with Crippen molar-refractivity contribution in [3.63, 3.8) is 0 Å². The Kier molecular flexibility index (Phi) is 3.50. The van der Waals surface area contributed by atoms with Crippen molar-refractivity contribution in [2.75, 3.05) is 6.61 Å². The van der Waals surface area contributed by atoms with Crippen molar-refractivity contribution >= 4 is 0 Å². The van der Waals surface area contributed by atoms with Gasteiger partial charge in [-0.15, -0.1) is 0 Å². The molecular formula is C7H14O2. The van der Waals surface area contributed by atoms with Gasteiger partial charge < -0.3 is 9.84 Å². The van der Waals surface area contributed by atoms with Gasteiger partial charge in [-0.05, 0) is 20.8 Å². The van der Waals surface area contributed by atoms with E-state index < -0.39 is 5.79 Å². The predicted octanol–water partition coefficient (Wildman–Crippen LogP) is 1.31. The van der Waals surface area contributed by atoms with Gasteiger partial charge in [-0.2, -0.15) is 0 Å². The predicted molar refractivity (Wildman–Crippen MR) is 37.1 cm³/mol. The van der Waals surface area contributed by atoms with Crippen LogP contribution in [0.3, 0.4) is 0 Å². The average Bonchev–Trinajstić information content (AvgIpc) is 1.63. The fourth-order valence-corrected chi connectivity index (χ4v) is 0.348. The fraction of sp³-hybridized carbons (Fsp3) is 0.714. The third-order valence-corrected chi connectivity index (χ3v) is 0.768. The van der Waals surface area contributed by atoms with Crippen molar-refractivity contribution < 1.29 is 9.84 Å². The van der Waals surface area contributed by atoms with E-state index >= 15 is 0 Å². The van der Waals surface area contributed by atoms with E-state index in [-0.39, 0.29) is 0 Å². The van der Waals surface area contributed by atoms with E-state index in [0.29, 0.717) is 6.61 Å². The van der Waals surface area contributed by atoms with Crippen molar-refractivity contribution in [3.05, 3.63) is 12.2 Å². The number of aliphatic hydroxyl groups is 1. The molecule has 0 heterocycles. The standard InChI is InChI=1S/C7H14O2/c1-4-5-6-9-7(2,3)8/h4-5,8H,6H2,1-3H3. The van der Waals surface area contributed by atoms with Crippen molar-refractivity contribution in [3.8, 4) is 0 Å². The highest BCUT2D eigenvalue weighted by molar-refractivity contribution is 4.76. The minimum Gasteiger partial charge on any atom is -0.366 e. The molecule has 0 saturated carbocycles. The largest absolute Gasteiger partial charge is 0.366 e. The summed E-state index contributed by atoms with van der Waals surface area (Å²) in [5, 5.41) is 8.99. The summed E-state index contributed by atoms with van der Waals surface area (Å²) in [4.78, 5) is 0. The molecule has 0 spiro atoms. The first-order valence-electron chi connectivity index (χ1n) is 3.04. The molecule has 0 aromatic rings. The Hall–Kier alpha value is -0.340. The molecule has 0 fully saturated rings. The van der Waals surface area contributed by atoms with Crippen molar-refractivity contribution in [2.24, 2.45) is 0 Å². The minimum absolute atomic E-state index is 0.472. The van der Waals surface area contributed by atoms with E-state index in [1.807, 2.05) is 19.1 Å². The molecule has 0 saturated heterocycles. The molecule has 0 aromatic heterocycles. The molecule has 9 heavy (non-hydrogen) atoms. The van der Waals surface area contributed by atoms with Crippen LogP contribution in [-0.2, 0) is 4.74 Å². The van der Waals surface area contributed by atoms with E-state index in [0.717, 1.165) is 0 Å². The number of hydrogen-bond donors (Lipinski definition) is 1. The number of rotatable bonds is 3. The topological polar surface area (TPSA) is 29.5 Å². The Morgan fingerprint density at radius 3 is 2.44 bits per heavy atom. The highest BCUT2D eigenvalue weighted by Gasteiger charge is 2.09. The van der Waals surface area contributed by atoms with Gasteiger partial charge in [-0.3, -0.25) is 0 Å². The highest BCUT2D eigenvalue weighted by atomic mass is 16.6. The van der Waals surface area contributed by atoms with Crippen molar-refractivity contribution in [2.45, 2.75) is 26.6 Å². The Bertz CT molecular complexity index is 89.6. The van der Waals surface area contributed by atoms with E-state index in [9.17, 15) is 0 Å². The van der Waals surface area contributed by atoms with Gasteiger partial charge in [0.1, 0.15) is 0 Å². The highest BCUT2D eigenvalue weighted by Crippen LogP contribution is 2.01. The van der Waals surface area contributed by atoms with Crippen LogP contribution in [-0.4, -0.2) is 17.5 Å². The lowest BCUT2D eigenvalue weighted by atomic mass is 10.4. The summed E-state index contributed by atoms with van der Waals surface area (Å²) in [6.45, 7) is 5.60. The summed E-state index contributed by atoms with van der Waals surface area (Å²) in [5.41, 5.74) is 0. The van der Waals surface area contributed by atoms with Gasteiger partial charge in [-0.1, -0.05) is 12.2 Å². The molecule has 0 aliphatic rings. The number of allylic oxidation sites excluding steroid dienone is 1. The molecular weight excluding hydrogens is 116 g/mol. The SMILES string of the molecule is CC=CCOC(C)(C)O. The van der Waals surface area contributed by atoms with Crippen LogP contribution >= 0.6 is 0 Å². The second-order valence-electron chi connectivity index (χ2n) is 2.33. The Morgan fingerprint density at radius 1 is 1.56 bits per heavy atom. The van der Waals surface area contributed by atoms with Gasteiger partial charge in [0.15, 0.2) is 5.79 Å². The molecule has 2 nitrogen and oxygen atoms in total. The molecule has 1 N–H and O–H groups in total. The van der Waals surface area contributed by atoms with Gasteiger partial charge in [0.25, 0.3) is 0 Å². The van der Waals surface area contributed by atoms with E-state index in [1.54, 1.807) is 13.8 Å². The average molecular weight is 130 g/mol. The van der Waals surface area contributed by atoms with Crippen LogP contribution in [0, 0.1) is 0 Å². The van der Waals surface area contributed by atoms with E-state index in [2.05, 4.69) is 0 Å². The second kappa shape index (κ2) is 3.64. The van der Waals surface area contributed by atoms with Crippen molar-refractivity contribution in [1.29, 1.82) is 0 Å². The fourth-order valence-electron chi connectivity index (χ4n) is 0.348. The smallest absolute Gasteiger partial charge is 0.160 e. The molecule has 0 radical (unpaired) electrons. The number of ether oxygens (including phenoxy) is 1. The maximum absolute atomic E-state index is 8.99. The quantitative estimate of drug-likeness (QED) is 0.461. The lowest BCUT2D eigenvalue weighted by molar-refractivity contribution is -0.167. The molecule has 0 bridgehead atoms. The molecule has 2 heteroatoms. The zero-order valence-corrected chi connectivity index (χ0v) is 6.22. The van der Waals surface area contributed by atoms with E-state index in [1.165, 1.54) is 0 Å². The van der Waals surface area contributed by atoms with Crippen LogP contribution in [0.25, 0.3) is 0 Å². The molecule has 54 valence electrons. The Labute approximate surface area is 56.1 Å². The Morgan fingerprint density at radius 2 is 2.11 bits per heavy atom. The van der Waals surface area contributed by atoms with Crippen LogP contribution in [0.2, 0.25) is 0 Å². The maximum Gasteiger partial charge on any atom is 0.160 e. The molecule has 0 rings (SSSR count). The minimum atomic E-state index is -1.00. The van der Waals surface area contributed by atoms with Gasteiger partial charge >= 0.3 is 0 Å². The van der Waals surface area contributed by atoms with Gasteiger partial charge in [0.05, 0.1) is 6.61 Å². The molecule has 0 amide bonds. The lowest BCUT2D eigenvalue weighted by Gasteiger charge is -2.16. The summed E-state index contributed by atoms with van der Waals surface area (Å²) < 4.78 is 4.94. The zero-order valence-electron chi connectivity index (χ0n) is 6.22. The maximum atomic E-state index is 8.99. The first kappa shape index (κ1) is 8.66. The molecule has 0 aliphatic heterocycles. The summed E-state index contributed by atoms with van der Waals surface area (Å²) in [7, 11) is 0. The zero-order chi connectivity index (χ0) is 7.33. The van der Waals surface area contributed by atoms with E-state index in [4.69, 9.17) is 9.84 Å². The third kappa shape index (κ3) is 7.66. The van der Waals surface area contributed by atoms with Crippen LogP contribution < -0.4 is 0 Å². The van der Waals surface area contributed by atoms with Gasteiger partial charge in [0, 0.05) is 0 Å². The van der Waals surface area contributed by atoms with Crippen LogP contribution in [0.15, 0.2) is 12.2 Å². The van der Waals surface area contributed by atoms with Gasteiger partial charge in [-0.25, -0.2) is 0 Å². The first-order valence-corrected chi connectivity index (χ1v) is 3.04. The summed E-state index contributed by atoms with van der Waals surface area (Å²) in [6, 6.07) is 0. The Balaban J connectivity index is 3.28. The summed E-state index contributed by atoms with van der Waals surface area (Å²) >= 11 is 0. The number of hydrogen-bond acceptors (Lipinski definition) is 2. The third-order valence-electron chi connectivity index (χ3n) is 0.768. The summed E-state index contributed by atoms with van der Waals surface area (Å²) in [5.74, 6) is -1.00.